The van der Waals surface area contributed by atoms with Crippen molar-refractivity contribution < 1.29 is 37.2 Å². The molecule has 2 N–H and O–H groups in total. The summed E-state index contributed by atoms with van der Waals surface area (Å²) in [4.78, 5) is 79.3. The number of sulfone groups is 1. The monoisotopic (exact) mass is 870 g/mol. The van der Waals surface area contributed by atoms with Crippen molar-refractivity contribution in [2.75, 3.05) is 10.6 Å². The minimum absolute atomic E-state index is 0.0850. The van der Waals surface area contributed by atoms with Gasteiger partial charge in [0.05, 0.1) is 21.2 Å². The van der Waals surface area contributed by atoms with E-state index in [4.69, 9.17) is 0 Å². The van der Waals surface area contributed by atoms with Crippen LogP contribution >= 0.6 is 31.9 Å². The van der Waals surface area contributed by atoms with Gasteiger partial charge in [-0.25, -0.2) is 8.42 Å². The Kier molecular flexibility index (Phi) is 7.83. The van der Waals surface area contributed by atoms with Gasteiger partial charge in [0.1, 0.15) is 0 Å². The average molecular weight is 873 g/mol. The topological polar surface area (TPSA) is 161 Å². The van der Waals surface area contributed by atoms with Crippen LogP contribution in [0, 0.1) is 0 Å². The van der Waals surface area contributed by atoms with Crippen molar-refractivity contribution in [3.05, 3.63) is 174 Å². The molecule has 2 amide bonds. The lowest BCUT2D eigenvalue weighted by atomic mass is 9.83. The Labute approximate surface area is 328 Å². The van der Waals surface area contributed by atoms with Gasteiger partial charge in [-0.15, -0.1) is 0 Å². The lowest BCUT2D eigenvalue weighted by Gasteiger charge is -2.18. The number of halogens is 2. The second kappa shape index (κ2) is 12.4. The van der Waals surface area contributed by atoms with E-state index in [0.717, 1.165) is 0 Å². The van der Waals surface area contributed by atoms with Crippen LogP contribution < -0.4 is 10.6 Å². The fourth-order valence-corrected chi connectivity index (χ4v) is 9.74. The molecule has 0 unspecified atom stereocenters. The summed E-state index contributed by atoms with van der Waals surface area (Å²) in [5.41, 5.74) is 2.80. The molecule has 0 bridgehead atoms. The number of fused-ring (bicyclic) bond motifs is 7. The Morgan fingerprint density at radius 3 is 1.11 bits per heavy atom. The number of carbonyl (C=O) groups excluding carboxylic acids is 6. The molecule has 10 nitrogen and oxygen atoms in total. The Balaban J connectivity index is 0.985. The highest BCUT2D eigenvalue weighted by Gasteiger charge is 2.36. The Bertz CT molecular complexity index is 2800. The van der Waals surface area contributed by atoms with Crippen molar-refractivity contribution in [1.29, 1.82) is 0 Å². The second-order valence-corrected chi connectivity index (χ2v) is 16.6. The zero-order valence-electron chi connectivity index (χ0n) is 27.8. The minimum Gasteiger partial charge on any atom is -0.321 e. The fraction of sp³-hybridized carbons (Fsp3) is 0. The quantitative estimate of drug-likeness (QED) is 0.180. The highest BCUT2D eigenvalue weighted by atomic mass is 79.9. The molecule has 13 heteroatoms. The number of hydrogen-bond donors (Lipinski definition) is 2. The van der Waals surface area contributed by atoms with Gasteiger partial charge in [-0.3, -0.25) is 28.8 Å². The molecule has 0 radical (unpaired) electrons. The van der Waals surface area contributed by atoms with Gasteiger partial charge < -0.3 is 10.6 Å². The molecule has 0 saturated carbocycles. The number of nitrogens with one attached hydrogen (secondary N) is 2. The van der Waals surface area contributed by atoms with E-state index in [2.05, 4.69) is 42.5 Å². The third-order valence-electron chi connectivity index (χ3n) is 9.88. The van der Waals surface area contributed by atoms with Gasteiger partial charge in [-0.05, 0) is 92.5 Å². The van der Waals surface area contributed by atoms with E-state index in [9.17, 15) is 37.2 Å². The summed E-state index contributed by atoms with van der Waals surface area (Å²) in [6.45, 7) is 0. The highest BCUT2D eigenvalue weighted by Crippen LogP contribution is 2.49. The molecule has 0 aromatic heterocycles. The van der Waals surface area contributed by atoms with Crippen molar-refractivity contribution >= 4 is 88.0 Å². The Morgan fingerprint density at radius 2 is 0.745 bits per heavy atom. The number of carbonyl (C=O) groups is 6. The molecule has 0 saturated heterocycles. The number of amides is 2. The van der Waals surface area contributed by atoms with Gasteiger partial charge in [0.2, 0.25) is 9.84 Å². The summed E-state index contributed by atoms with van der Waals surface area (Å²) in [6.07, 6.45) is 0. The Hall–Kier alpha value is -6.15. The molecule has 266 valence electrons. The number of ketones is 4. The molecular weight excluding hydrogens is 852 g/mol. The van der Waals surface area contributed by atoms with Crippen LogP contribution in [0.4, 0.5) is 11.4 Å². The minimum atomic E-state index is -4.16. The van der Waals surface area contributed by atoms with Crippen molar-refractivity contribution in [3.63, 3.8) is 0 Å². The van der Waals surface area contributed by atoms with E-state index < -0.39 is 21.7 Å². The first-order valence-electron chi connectivity index (χ1n) is 16.5. The molecule has 0 fully saturated rings. The fourth-order valence-electron chi connectivity index (χ4n) is 7.15. The van der Waals surface area contributed by atoms with Crippen molar-refractivity contribution in [3.8, 4) is 11.1 Å². The molecular formula is C42H20Br2N2O8S. The third-order valence-corrected chi connectivity index (χ3v) is 13.0. The van der Waals surface area contributed by atoms with Gasteiger partial charge >= 0.3 is 0 Å². The maximum absolute atomic E-state index is 14.0. The lowest BCUT2D eigenvalue weighted by molar-refractivity contribution is 0.0977. The van der Waals surface area contributed by atoms with Crippen LogP contribution in [0.25, 0.3) is 11.1 Å². The summed E-state index contributed by atoms with van der Waals surface area (Å²) < 4.78 is 28.7. The largest absolute Gasteiger partial charge is 0.321 e. The molecule has 0 atom stereocenters. The molecule has 2 aliphatic carbocycles. The first-order chi connectivity index (χ1) is 26.3. The van der Waals surface area contributed by atoms with Gasteiger partial charge in [0, 0.05) is 75.7 Å². The molecule has 3 aliphatic rings. The summed E-state index contributed by atoms with van der Waals surface area (Å²) in [5, 5.41) is 5.43. The third kappa shape index (κ3) is 5.29. The van der Waals surface area contributed by atoms with Gasteiger partial charge in [0.15, 0.2) is 23.1 Å². The average Bonchev–Trinajstić information content (AvgIpc) is 3.39. The van der Waals surface area contributed by atoms with Crippen molar-refractivity contribution in [2.45, 2.75) is 9.79 Å². The van der Waals surface area contributed by atoms with E-state index in [-0.39, 0.29) is 88.8 Å². The first kappa shape index (κ1) is 34.6. The molecule has 1 heterocycles. The van der Waals surface area contributed by atoms with Crippen LogP contribution in [0.5, 0.6) is 0 Å². The molecule has 55 heavy (non-hydrogen) atoms. The maximum Gasteiger partial charge on any atom is 0.255 e. The molecule has 0 spiro atoms. The number of benzene rings is 6. The zero-order chi connectivity index (χ0) is 38.5. The van der Waals surface area contributed by atoms with Crippen LogP contribution in [-0.4, -0.2) is 43.4 Å². The normalized spacial score (nSPS) is 14.2. The van der Waals surface area contributed by atoms with E-state index in [0.29, 0.717) is 31.2 Å². The summed E-state index contributed by atoms with van der Waals surface area (Å²) in [5.74, 6) is -2.69. The van der Waals surface area contributed by atoms with E-state index in [1.807, 2.05) is 0 Å². The Morgan fingerprint density at radius 1 is 0.418 bits per heavy atom. The van der Waals surface area contributed by atoms with Crippen molar-refractivity contribution in [1.82, 2.24) is 0 Å². The number of hydrogen-bond acceptors (Lipinski definition) is 8. The smallest absolute Gasteiger partial charge is 0.255 e. The zero-order valence-corrected chi connectivity index (χ0v) is 31.8. The maximum atomic E-state index is 14.0. The van der Waals surface area contributed by atoms with Crippen LogP contribution in [-0.2, 0) is 9.84 Å². The summed E-state index contributed by atoms with van der Waals surface area (Å²) in [7, 11) is -4.16. The van der Waals surface area contributed by atoms with Gasteiger partial charge in [-0.2, -0.15) is 0 Å². The van der Waals surface area contributed by atoms with E-state index in [1.54, 1.807) is 60.7 Å². The summed E-state index contributed by atoms with van der Waals surface area (Å²) >= 11 is 6.90. The second-order valence-electron chi connectivity index (χ2n) is 13.0. The van der Waals surface area contributed by atoms with Gasteiger partial charge in [0.25, 0.3) is 11.8 Å². The SMILES string of the molecule is O=C(Nc1cc2c(cc1Br)-c1cc(Br)c(NC(=O)c3ccc4c(c3)C(=O)c3ccccc3C4=O)cc1S2(=O)=O)c1ccc2c(c1)C(=O)c1ccccc1C2=O. The molecule has 6 aromatic rings. The highest BCUT2D eigenvalue weighted by molar-refractivity contribution is 9.11. The molecule has 6 aromatic carbocycles. The number of rotatable bonds is 4. The van der Waals surface area contributed by atoms with Crippen LogP contribution in [0.1, 0.15) is 84.4 Å². The van der Waals surface area contributed by atoms with Crippen LogP contribution in [0.3, 0.4) is 0 Å². The van der Waals surface area contributed by atoms with Crippen LogP contribution in [0.15, 0.2) is 128 Å². The van der Waals surface area contributed by atoms with Gasteiger partial charge in [-0.1, -0.05) is 48.5 Å². The summed E-state index contributed by atoms with van der Waals surface area (Å²) in [6, 6.07) is 27.1. The van der Waals surface area contributed by atoms with E-state index >= 15 is 0 Å². The van der Waals surface area contributed by atoms with Crippen molar-refractivity contribution in [2.24, 2.45) is 0 Å². The first-order valence-corrected chi connectivity index (χ1v) is 19.6. The van der Waals surface area contributed by atoms with Crippen LogP contribution in [0.2, 0.25) is 0 Å². The van der Waals surface area contributed by atoms with E-state index in [1.165, 1.54) is 48.5 Å². The predicted molar refractivity (Wildman–Crippen MR) is 208 cm³/mol. The molecule has 9 rings (SSSR count). The molecule has 1 aliphatic heterocycles. The number of anilines is 2. The standard InChI is InChI=1S/C42H20Br2N2O8S/c43-31-15-27-28-16-32(44)34(46-42(52)20-10-12-26-30(14-20)40(50)24-8-4-2-6-22(24)38(26)48)18-36(28)55(53,54)35(27)17-33(31)45-41(51)19-9-11-25-29(13-19)39(49)23-7-3-1-5-21(23)37(25)47/h1-18H,(H,45,51)(H,46,52). The lowest BCUT2D eigenvalue weighted by Crippen LogP contribution is -2.22. The predicted octanol–water partition coefficient (Wildman–Crippen LogP) is 8.08.